The van der Waals surface area contributed by atoms with Crippen molar-refractivity contribution in [2.75, 3.05) is 20.3 Å². The van der Waals surface area contributed by atoms with Gasteiger partial charge in [0.2, 0.25) is 0 Å². The largest absolute Gasteiger partial charge is 0.493 e. The maximum atomic E-state index is 14.1. The van der Waals surface area contributed by atoms with Crippen LogP contribution >= 0.6 is 0 Å². The highest BCUT2D eigenvalue weighted by molar-refractivity contribution is 5.75. The lowest BCUT2D eigenvalue weighted by Gasteiger charge is -2.20. The van der Waals surface area contributed by atoms with Crippen LogP contribution < -0.4 is 14.2 Å². The number of fused-ring (bicyclic) bond motifs is 2. The lowest BCUT2D eigenvalue weighted by molar-refractivity contribution is -0.141. The van der Waals surface area contributed by atoms with E-state index in [1.807, 2.05) is 6.07 Å². The van der Waals surface area contributed by atoms with Crippen molar-refractivity contribution in [2.24, 2.45) is 0 Å². The molecule has 218 valence electrons. The topological polar surface area (TPSA) is 74.2 Å². The molecule has 2 atom stereocenters. The zero-order valence-corrected chi connectivity index (χ0v) is 23.2. The van der Waals surface area contributed by atoms with E-state index >= 15 is 0 Å². The molecule has 0 spiro atoms. The average Bonchev–Trinajstić information content (AvgIpc) is 3.51. The van der Waals surface area contributed by atoms with Crippen molar-refractivity contribution in [2.45, 2.75) is 63.3 Å². The molecule has 1 N–H and O–H groups in total. The molecule has 41 heavy (non-hydrogen) atoms. The van der Waals surface area contributed by atoms with Crippen molar-refractivity contribution in [1.29, 1.82) is 0 Å². The molecule has 5 rings (SSSR count). The van der Waals surface area contributed by atoms with Crippen molar-refractivity contribution in [3.05, 3.63) is 76.9 Å². The first-order chi connectivity index (χ1) is 19.4. The van der Waals surface area contributed by atoms with E-state index in [2.05, 4.69) is 0 Å². The van der Waals surface area contributed by atoms with Gasteiger partial charge in [-0.05, 0) is 73.2 Å². The lowest BCUT2D eigenvalue weighted by Crippen LogP contribution is -2.21. The first kappa shape index (κ1) is 28.8. The van der Waals surface area contributed by atoms with Gasteiger partial charge in [0.05, 0.1) is 37.9 Å². The van der Waals surface area contributed by atoms with Crippen molar-refractivity contribution < 1.29 is 42.0 Å². The van der Waals surface area contributed by atoms with Gasteiger partial charge in [-0.2, -0.15) is 13.2 Å². The van der Waals surface area contributed by atoms with Crippen LogP contribution in [0.1, 0.15) is 67.4 Å². The number of hydrogen-bond donors (Lipinski definition) is 1. The highest BCUT2D eigenvalue weighted by atomic mass is 19.4. The first-order valence-electron chi connectivity index (χ1n) is 13.6. The highest BCUT2D eigenvalue weighted by Gasteiger charge is 2.38. The van der Waals surface area contributed by atoms with Gasteiger partial charge < -0.3 is 24.1 Å². The number of esters is 1. The van der Waals surface area contributed by atoms with Gasteiger partial charge in [0.1, 0.15) is 23.4 Å². The fourth-order valence-electron chi connectivity index (χ4n) is 5.44. The number of carbonyl (C=O) groups is 1. The quantitative estimate of drug-likeness (QED) is 0.279. The van der Waals surface area contributed by atoms with Crippen molar-refractivity contribution >= 4 is 5.97 Å². The molecule has 0 saturated heterocycles. The standard InChI is InChI=1S/C32H33F3O6/c1-31(2,37)14-15-39-21-6-4-19(5-7-21)30-25-11-13-27(24(25)10-12-26(30)32(33,34)35)41-22-8-9-23-20(16-29(36)38-3)18-40-28(23)17-22/h4-10,12,17,20,27,37H,11,13-16,18H2,1-3H3/t20-,27-/m1/s1. The van der Waals surface area contributed by atoms with E-state index < -0.39 is 23.4 Å². The third-order valence-electron chi connectivity index (χ3n) is 7.57. The average molecular weight is 571 g/mol. The first-order valence-corrected chi connectivity index (χ1v) is 13.6. The van der Waals surface area contributed by atoms with Crippen molar-refractivity contribution in [1.82, 2.24) is 0 Å². The van der Waals surface area contributed by atoms with Crippen molar-refractivity contribution in [3.63, 3.8) is 0 Å². The number of methoxy groups -OCH3 is 1. The molecule has 3 aromatic carbocycles. The molecule has 0 aromatic heterocycles. The number of ether oxygens (including phenoxy) is 4. The molecule has 6 nitrogen and oxygen atoms in total. The summed E-state index contributed by atoms with van der Waals surface area (Å²) in [6.07, 6.45) is -3.33. The van der Waals surface area contributed by atoms with Crippen molar-refractivity contribution in [3.8, 4) is 28.4 Å². The third kappa shape index (κ3) is 6.45. The van der Waals surface area contributed by atoms with Crippen LogP contribution in [0.2, 0.25) is 0 Å². The summed E-state index contributed by atoms with van der Waals surface area (Å²) in [7, 11) is 1.35. The Kier molecular flexibility index (Phi) is 7.92. The molecular weight excluding hydrogens is 537 g/mol. The highest BCUT2D eigenvalue weighted by Crippen LogP contribution is 2.47. The summed E-state index contributed by atoms with van der Waals surface area (Å²) in [6, 6.07) is 14.7. The molecule has 1 heterocycles. The van der Waals surface area contributed by atoms with Gasteiger partial charge >= 0.3 is 12.1 Å². The maximum Gasteiger partial charge on any atom is 0.417 e. The Labute approximate surface area is 237 Å². The van der Waals surface area contributed by atoms with Gasteiger partial charge in [-0.15, -0.1) is 0 Å². The number of carbonyl (C=O) groups excluding carboxylic acids is 1. The second kappa shape index (κ2) is 11.3. The van der Waals surface area contributed by atoms with Gasteiger partial charge in [0, 0.05) is 24.0 Å². The molecule has 0 radical (unpaired) electrons. The van der Waals surface area contributed by atoms with E-state index in [1.165, 1.54) is 13.2 Å². The fraction of sp³-hybridized carbons (Fsp3) is 0.406. The number of hydrogen-bond acceptors (Lipinski definition) is 6. The number of halogens is 3. The van der Waals surface area contributed by atoms with Gasteiger partial charge in [0.25, 0.3) is 0 Å². The third-order valence-corrected chi connectivity index (χ3v) is 7.57. The maximum absolute atomic E-state index is 14.1. The molecular formula is C32H33F3O6. The molecule has 0 saturated carbocycles. The number of rotatable bonds is 9. The Balaban J connectivity index is 1.38. The monoisotopic (exact) mass is 570 g/mol. The molecule has 2 aliphatic rings. The molecule has 0 amide bonds. The van der Waals surface area contributed by atoms with Crippen LogP contribution in [0.5, 0.6) is 17.2 Å². The van der Waals surface area contributed by atoms with Crippen LogP contribution in [0.15, 0.2) is 54.6 Å². The Morgan fingerprint density at radius 2 is 1.73 bits per heavy atom. The Morgan fingerprint density at radius 1 is 1.02 bits per heavy atom. The van der Waals surface area contributed by atoms with E-state index in [-0.39, 0.29) is 30.5 Å². The number of alkyl halides is 3. The molecule has 0 unspecified atom stereocenters. The summed E-state index contributed by atoms with van der Waals surface area (Å²) in [4.78, 5) is 11.7. The fourth-order valence-corrected chi connectivity index (χ4v) is 5.44. The summed E-state index contributed by atoms with van der Waals surface area (Å²) in [5.74, 6) is 1.30. The molecule has 3 aromatic rings. The van der Waals surface area contributed by atoms with Crippen LogP contribution in [0, 0.1) is 0 Å². The molecule has 1 aliphatic carbocycles. The normalized spacial score (nSPS) is 17.9. The minimum atomic E-state index is -4.52. The summed E-state index contributed by atoms with van der Waals surface area (Å²) < 4.78 is 64.9. The Hall–Kier alpha value is -3.72. The molecule has 0 bridgehead atoms. The Morgan fingerprint density at radius 3 is 2.41 bits per heavy atom. The second-order valence-electron chi connectivity index (χ2n) is 11.1. The van der Waals surface area contributed by atoms with Crippen LogP contribution in [0.3, 0.4) is 0 Å². The van der Waals surface area contributed by atoms with Crippen LogP contribution in [-0.2, 0) is 22.1 Å². The number of benzene rings is 3. The molecule has 9 heteroatoms. The number of aliphatic hydroxyl groups is 1. The summed E-state index contributed by atoms with van der Waals surface area (Å²) in [5.41, 5.74) is 1.30. The zero-order valence-electron chi connectivity index (χ0n) is 23.2. The summed E-state index contributed by atoms with van der Waals surface area (Å²) >= 11 is 0. The predicted octanol–water partition coefficient (Wildman–Crippen LogP) is 7.02. The van der Waals surface area contributed by atoms with Gasteiger partial charge in [-0.1, -0.05) is 24.3 Å². The van der Waals surface area contributed by atoms with E-state index in [4.69, 9.17) is 18.9 Å². The minimum Gasteiger partial charge on any atom is -0.493 e. The zero-order chi connectivity index (χ0) is 29.4. The van der Waals surface area contributed by atoms with Gasteiger partial charge in [-0.25, -0.2) is 0 Å². The SMILES string of the molecule is COC(=O)C[C@@H]1COc2cc(O[C@@H]3CCc4c3ccc(C(F)(F)F)c4-c3ccc(OCCC(C)(C)O)cc3)ccc21. The minimum absolute atomic E-state index is 0.0969. The van der Waals surface area contributed by atoms with Crippen LogP contribution in [0.4, 0.5) is 13.2 Å². The second-order valence-corrected chi connectivity index (χ2v) is 11.1. The smallest absolute Gasteiger partial charge is 0.417 e. The summed E-state index contributed by atoms with van der Waals surface area (Å²) in [6.45, 7) is 4.03. The van der Waals surface area contributed by atoms with E-state index in [9.17, 15) is 23.1 Å². The lowest BCUT2D eigenvalue weighted by atomic mass is 9.91. The molecule has 0 fully saturated rings. The van der Waals surface area contributed by atoms with Crippen LogP contribution in [-0.4, -0.2) is 37.0 Å². The van der Waals surface area contributed by atoms with E-state index in [0.717, 1.165) is 17.2 Å². The van der Waals surface area contributed by atoms with Gasteiger partial charge in [0.15, 0.2) is 0 Å². The summed E-state index contributed by atoms with van der Waals surface area (Å²) in [5, 5.41) is 9.87. The molecule has 1 aliphatic heterocycles. The van der Waals surface area contributed by atoms with E-state index in [0.29, 0.717) is 54.2 Å². The van der Waals surface area contributed by atoms with Gasteiger partial charge in [-0.3, -0.25) is 4.79 Å². The Bertz CT molecular complexity index is 1410. The predicted molar refractivity (Wildman–Crippen MR) is 146 cm³/mol. The van der Waals surface area contributed by atoms with Crippen LogP contribution in [0.25, 0.3) is 11.1 Å². The van der Waals surface area contributed by atoms with E-state index in [1.54, 1.807) is 50.2 Å².